The first kappa shape index (κ1) is 35.6. The van der Waals surface area contributed by atoms with Gasteiger partial charge in [-0.15, -0.1) is 10.2 Å². The molecule has 2 atom stereocenters. The summed E-state index contributed by atoms with van der Waals surface area (Å²) >= 11 is 0. The molecule has 2 aliphatic heterocycles. The number of halogens is 6. The summed E-state index contributed by atoms with van der Waals surface area (Å²) in [6.07, 6.45) is -7.95. The number of carbonyl (C=O) groups is 1. The Morgan fingerprint density at radius 3 is 2.16 bits per heavy atom. The fourth-order valence-corrected chi connectivity index (χ4v) is 5.80. The Morgan fingerprint density at radius 2 is 1.51 bits per heavy atom. The second kappa shape index (κ2) is 15.4. The Balaban J connectivity index is 1.09. The predicted octanol–water partition coefficient (Wildman–Crippen LogP) is 5.27. The van der Waals surface area contributed by atoms with Gasteiger partial charge in [0.15, 0.2) is 5.82 Å². The lowest BCUT2D eigenvalue weighted by Crippen LogP contribution is -2.50. The van der Waals surface area contributed by atoms with E-state index < -0.39 is 41.5 Å². The Labute approximate surface area is 288 Å². The number of ether oxygens (including phenoxy) is 3. The lowest BCUT2D eigenvalue weighted by Gasteiger charge is -2.34. The number of nitrogens with zero attached hydrogens (tertiary/aromatic N) is 7. The molecular formula is C34H33F6N7O4. The third-order valence-corrected chi connectivity index (χ3v) is 8.40. The first-order valence-corrected chi connectivity index (χ1v) is 16.0. The maximum absolute atomic E-state index is 14.2. The average Bonchev–Trinajstić information content (AvgIpc) is 3.53. The SMILES string of the molecule is O=C(COC[C@@H]1C[C@@H](Oc2ccccc2)CN1c1cc(C(F)(F)F)c(OCc2ccccc2)nn1)N1CCN(c2ncc(C(F)(F)F)cn2)CC1. The molecule has 0 unspecified atom stereocenters. The van der Waals surface area contributed by atoms with Gasteiger partial charge in [-0.25, -0.2) is 9.97 Å². The second-order valence-electron chi connectivity index (χ2n) is 11.9. The van der Waals surface area contributed by atoms with Crippen LogP contribution in [0.1, 0.15) is 23.1 Å². The minimum atomic E-state index is -4.78. The van der Waals surface area contributed by atoms with Crippen LogP contribution in [0.3, 0.4) is 0 Å². The number of benzene rings is 2. The number of hydrogen-bond donors (Lipinski definition) is 0. The summed E-state index contributed by atoms with van der Waals surface area (Å²) in [5.74, 6) is -0.284. The molecule has 2 aliphatic rings. The van der Waals surface area contributed by atoms with Crippen molar-refractivity contribution < 1.29 is 45.3 Å². The first-order valence-electron chi connectivity index (χ1n) is 16.0. The van der Waals surface area contributed by atoms with E-state index in [4.69, 9.17) is 14.2 Å². The van der Waals surface area contributed by atoms with Crippen molar-refractivity contribution >= 4 is 17.7 Å². The Morgan fingerprint density at radius 1 is 0.843 bits per heavy atom. The minimum absolute atomic E-state index is 0.0188. The van der Waals surface area contributed by atoms with Crippen molar-refractivity contribution in [3.63, 3.8) is 0 Å². The summed E-state index contributed by atoms with van der Waals surface area (Å²) in [4.78, 5) is 25.5. The summed E-state index contributed by atoms with van der Waals surface area (Å²) in [6, 6.07) is 18.1. The van der Waals surface area contributed by atoms with Gasteiger partial charge < -0.3 is 28.9 Å². The molecule has 0 spiro atoms. The van der Waals surface area contributed by atoms with Crippen LogP contribution in [0, 0.1) is 0 Å². The van der Waals surface area contributed by atoms with Crippen LogP contribution in [0.25, 0.3) is 0 Å². The number of para-hydroxylation sites is 1. The van der Waals surface area contributed by atoms with E-state index in [2.05, 4.69) is 20.2 Å². The van der Waals surface area contributed by atoms with Crippen molar-refractivity contribution in [1.29, 1.82) is 0 Å². The lowest BCUT2D eigenvalue weighted by atomic mass is 10.2. The normalized spacial score (nSPS) is 18.2. The van der Waals surface area contributed by atoms with Gasteiger partial charge in [-0.05, 0) is 17.7 Å². The number of anilines is 2. The zero-order valence-electron chi connectivity index (χ0n) is 27.1. The molecule has 2 aromatic heterocycles. The number of piperazine rings is 1. The molecule has 4 aromatic rings. The van der Waals surface area contributed by atoms with Gasteiger partial charge in [0.25, 0.3) is 0 Å². The monoisotopic (exact) mass is 717 g/mol. The van der Waals surface area contributed by atoms with Crippen LogP contribution in [-0.2, 0) is 28.5 Å². The van der Waals surface area contributed by atoms with E-state index in [0.29, 0.717) is 30.8 Å². The van der Waals surface area contributed by atoms with E-state index in [1.807, 2.05) is 6.07 Å². The summed E-state index contributed by atoms with van der Waals surface area (Å²) in [5, 5.41) is 7.92. The highest BCUT2D eigenvalue weighted by Crippen LogP contribution is 2.38. The Kier molecular flexibility index (Phi) is 10.7. The molecule has 2 aromatic carbocycles. The second-order valence-corrected chi connectivity index (χ2v) is 11.9. The highest BCUT2D eigenvalue weighted by Gasteiger charge is 2.40. The van der Waals surface area contributed by atoms with Gasteiger partial charge in [-0.2, -0.15) is 26.3 Å². The fourth-order valence-electron chi connectivity index (χ4n) is 5.80. The molecule has 2 fully saturated rings. The van der Waals surface area contributed by atoms with Crippen LogP contribution in [0.15, 0.2) is 79.1 Å². The maximum Gasteiger partial charge on any atom is 0.421 e. The van der Waals surface area contributed by atoms with E-state index in [1.54, 1.807) is 69.3 Å². The first-order chi connectivity index (χ1) is 24.4. The standard InChI is InChI=1S/C34H33F6N7O4/c35-33(36,37)24-17-41-32(42-18-24)46-13-11-45(12-14-46)30(48)22-49-21-25-15-27(51-26-9-5-2-6-10-26)19-47(25)29-16-28(34(38,39)40)31(44-43-29)50-20-23-7-3-1-4-8-23/h1-10,16-18,25,27H,11-15,19-22H2/t25-,27+/m0/s1. The highest BCUT2D eigenvalue weighted by molar-refractivity contribution is 5.77. The molecular weight excluding hydrogens is 684 g/mol. The van der Waals surface area contributed by atoms with Crippen molar-refractivity contribution in [2.24, 2.45) is 0 Å². The summed E-state index contributed by atoms with van der Waals surface area (Å²) < 4.78 is 98.7. The highest BCUT2D eigenvalue weighted by atomic mass is 19.4. The van der Waals surface area contributed by atoms with Crippen LogP contribution in [-0.4, -0.2) is 89.1 Å². The largest absolute Gasteiger partial charge is 0.489 e. The zero-order chi connectivity index (χ0) is 36.0. The van der Waals surface area contributed by atoms with Gasteiger partial charge in [0, 0.05) is 51.1 Å². The summed E-state index contributed by atoms with van der Waals surface area (Å²) in [6.45, 7) is 0.881. The molecule has 0 N–H and O–H groups in total. The predicted molar refractivity (Wildman–Crippen MR) is 171 cm³/mol. The van der Waals surface area contributed by atoms with Gasteiger partial charge in [-0.1, -0.05) is 48.5 Å². The molecule has 11 nitrogen and oxygen atoms in total. The van der Waals surface area contributed by atoms with E-state index in [-0.39, 0.29) is 57.1 Å². The molecule has 0 bridgehead atoms. The van der Waals surface area contributed by atoms with Crippen molar-refractivity contribution in [3.8, 4) is 11.6 Å². The number of alkyl halides is 6. The molecule has 0 aliphatic carbocycles. The number of carbonyl (C=O) groups excluding carboxylic acids is 1. The third kappa shape index (κ3) is 9.14. The van der Waals surface area contributed by atoms with E-state index in [9.17, 15) is 31.1 Å². The van der Waals surface area contributed by atoms with Gasteiger partial charge in [0.1, 0.15) is 30.6 Å². The van der Waals surface area contributed by atoms with Gasteiger partial charge >= 0.3 is 12.4 Å². The number of rotatable bonds is 11. The van der Waals surface area contributed by atoms with E-state index in [0.717, 1.165) is 18.5 Å². The Bertz CT molecular complexity index is 1740. The number of amides is 1. The van der Waals surface area contributed by atoms with Gasteiger partial charge in [0.05, 0.1) is 24.8 Å². The van der Waals surface area contributed by atoms with Gasteiger partial charge in [-0.3, -0.25) is 4.79 Å². The molecule has 2 saturated heterocycles. The van der Waals surface area contributed by atoms with Crippen LogP contribution in [0.2, 0.25) is 0 Å². The van der Waals surface area contributed by atoms with E-state index in [1.165, 1.54) is 0 Å². The van der Waals surface area contributed by atoms with Crippen LogP contribution in [0.5, 0.6) is 11.6 Å². The molecule has 17 heteroatoms. The molecule has 6 rings (SSSR count). The topological polar surface area (TPSA) is 106 Å². The van der Waals surface area contributed by atoms with Crippen molar-refractivity contribution in [1.82, 2.24) is 25.1 Å². The maximum atomic E-state index is 14.2. The quantitative estimate of drug-likeness (QED) is 0.191. The number of aromatic nitrogens is 4. The number of hydrogen-bond acceptors (Lipinski definition) is 10. The molecule has 270 valence electrons. The molecule has 0 saturated carbocycles. The summed E-state index contributed by atoms with van der Waals surface area (Å²) in [7, 11) is 0. The fraction of sp³-hybridized carbons (Fsp3) is 0.382. The van der Waals surface area contributed by atoms with Gasteiger partial charge in [0.2, 0.25) is 17.7 Å². The molecule has 51 heavy (non-hydrogen) atoms. The van der Waals surface area contributed by atoms with Crippen molar-refractivity contribution in [3.05, 3.63) is 95.8 Å². The zero-order valence-corrected chi connectivity index (χ0v) is 27.1. The molecule has 1 amide bonds. The average molecular weight is 718 g/mol. The third-order valence-electron chi connectivity index (χ3n) is 8.40. The summed E-state index contributed by atoms with van der Waals surface area (Å²) in [5.41, 5.74) is -1.36. The smallest absolute Gasteiger partial charge is 0.421 e. The van der Waals surface area contributed by atoms with Crippen molar-refractivity contribution in [2.45, 2.75) is 37.5 Å². The molecule has 0 radical (unpaired) electrons. The molecule has 4 heterocycles. The van der Waals surface area contributed by atoms with Crippen molar-refractivity contribution in [2.75, 3.05) is 55.7 Å². The minimum Gasteiger partial charge on any atom is -0.489 e. The van der Waals surface area contributed by atoms with Crippen LogP contribution >= 0.6 is 0 Å². The lowest BCUT2D eigenvalue weighted by molar-refractivity contribution is -0.140. The van der Waals surface area contributed by atoms with E-state index >= 15 is 0 Å². The van der Waals surface area contributed by atoms with Crippen LogP contribution in [0.4, 0.5) is 38.1 Å². The van der Waals surface area contributed by atoms with Crippen LogP contribution < -0.4 is 19.3 Å². The Hall–Kier alpha value is -5.19.